The van der Waals surface area contributed by atoms with Crippen molar-refractivity contribution < 1.29 is 13.2 Å². The van der Waals surface area contributed by atoms with Crippen LogP contribution in [-0.4, -0.2) is 20.8 Å². The molecule has 0 unspecified atom stereocenters. The van der Waals surface area contributed by atoms with Crippen LogP contribution in [0.15, 0.2) is 58.1 Å². The van der Waals surface area contributed by atoms with E-state index >= 15 is 0 Å². The summed E-state index contributed by atoms with van der Waals surface area (Å²) in [6, 6.07) is 15.2. The molecule has 1 aliphatic rings. The van der Waals surface area contributed by atoms with E-state index < -0.39 is 11.6 Å². The predicted molar refractivity (Wildman–Crippen MR) is 136 cm³/mol. The number of nitrogens with zero attached hydrogens (tertiary/aromatic N) is 3. The first-order valence-corrected chi connectivity index (χ1v) is 13.0. The molecule has 34 heavy (non-hydrogen) atoms. The molecule has 3 aromatic rings. The van der Waals surface area contributed by atoms with Gasteiger partial charge in [-0.25, -0.2) is 4.98 Å². The Bertz CT molecular complexity index is 1200. The third-order valence-corrected chi connectivity index (χ3v) is 8.26. The van der Waals surface area contributed by atoms with Crippen molar-refractivity contribution in [3.05, 3.63) is 69.4 Å². The van der Waals surface area contributed by atoms with Crippen LogP contribution in [0.1, 0.15) is 37.6 Å². The molecular formula is C24H23BrClF3N4S. The van der Waals surface area contributed by atoms with Crippen molar-refractivity contribution >= 4 is 44.3 Å². The number of nitrogens with two attached hydrogens (primary N) is 1. The molecule has 0 saturated heterocycles. The average molecular weight is 572 g/mol. The minimum absolute atomic E-state index is 0.0123. The van der Waals surface area contributed by atoms with Gasteiger partial charge in [0, 0.05) is 27.2 Å². The van der Waals surface area contributed by atoms with Crippen LogP contribution < -0.4 is 5.84 Å². The summed E-state index contributed by atoms with van der Waals surface area (Å²) < 4.78 is 44.5. The van der Waals surface area contributed by atoms with Gasteiger partial charge in [-0.3, -0.25) is 4.57 Å². The smallest absolute Gasteiger partial charge is 0.322 e. The zero-order valence-corrected chi connectivity index (χ0v) is 21.5. The molecule has 0 amide bonds. The zero-order valence-electron chi connectivity index (χ0n) is 18.4. The lowest BCUT2D eigenvalue weighted by molar-refractivity contribution is -0.219. The van der Waals surface area contributed by atoms with Crippen LogP contribution in [0.3, 0.4) is 0 Å². The fraction of sp³-hybridized carbons (Fsp3) is 0.333. The average Bonchev–Trinajstić information content (AvgIpc) is 3.13. The van der Waals surface area contributed by atoms with E-state index in [0.717, 1.165) is 33.2 Å². The summed E-state index contributed by atoms with van der Waals surface area (Å²) in [5, 5.41) is 4.05. The quantitative estimate of drug-likeness (QED) is 0.142. The first-order valence-electron chi connectivity index (χ1n) is 10.8. The Kier molecular flexibility index (Phi) is 7.36. The number of thioether (sulfide) groups is 1. The summed E-state index contributed by atoms with van der Waals surface area (Å²) in [6.07, 6.45) is -3.22. The highest BCUT2D eigenvalue weighted by molar-refractivity contribution is 9.10. The van der Waals surface area contributed by atoms with Gasteiger partial charge in [0.15, 0.2) is 0 Å². The van der Waals surface area contributed by atoms with E-state index in [0.29, 0.717) is 29.4 Å². The molecule has 2 N–H and O–H groups in total. The van der Waals surface area contributed by atoms with Gasteiger partial charge >= 0.3 is 6.18 Å². The highest BCUT2D eigenvalue weighted by Gasteiger charge is 2.61. The van der Waals surface area contributed by atoms with Gasteiger partial charge in [0.05, 0.1) is 10.7 Å². The highest BCUT2D eigenvalue weighted by Crippen LogP contribution is 2.56. The molecule has 1 aromatic heterocycles. The Morgan fingerprint density at radius 1 is 1.21 bits per heavy atom. The van der Waals surface area contributed by atoms with Crippen LogP contribution in [0.25, 0.3) is 17.1 Å². The predicted octanol–water partition coefficient (Wildman–Crippen LogP) is 7.76. The maximum Gasteiger partial charge on any atom is 0.400 e. The van der Waals surface area contributed by atoms with Crippen molar-refractivity contribution in [1.29, 1.82) is 0 Å². The van der Waals surface area contributed by atoms with E-state index in [4.69, 9.17) is 22.4 Å². The van der Waals surface area contributed by atoms with Crippen LogP contribution >= 0.6 is 39.3 Å². The number of halogens is 5. The van der Waals surface area contributed by atoms with Gasteiger partial charge < -0.3 is 5.84 Å². The van der Waals surface area contributed by atoms with E-state index in [1.807, 2.05) is 54.0 Å². The molecule has 180 valence electrons. The number of rotatable bonds is 6. The van der Waals surface area contributed by atoms with Crippen molar-refractivity contribution in [1.82, 2.24) is 9.55 Å². The zero-order chi connectivity index (χ0) is 24.5. The number of hydrazone groups is 1. The summed E-state index contributed by atoms with van der Waals surface area (Å²) >= 11 is 11.0. The molecule has 0 atom stereocenters. The third-order valence-electron chi connectivity index (χ3n) is 6.21. The molecule has 10 heteroatoms. The van der Waals surface area contributed by atoms with Crippen LogP contribution in [0.2, 0.25) is 5.02 Å². The van der Waals surface area contributed by atoms with Crippen LogP contribution in [0, 0.1) is 5.41 Å². The first-order chi connectivity index (χ1) is 16.2. The molecule has 0 radical (unpaired) electrons. The van der Waals surface area contributed by atoms with Crippen LogP contribution in [0.4, 0.5) is 13.2 Å². The topological polar surface area (TPSA) is 56.2 Å². The van der Waals surface area contributed by atoms with E-state index in [1.54, 1.807) is 6.07 Å². The number of aromatic nitrogens is 2. The number of hydrogen-bond acceptors (Lipinski definition) is 4. The lowest BCUT2D eigenvalue weighted by Gasteiger charge is -2.43. The van der Waals surface area contributed by atoms with Crippen LogP contribution in [-0.2, 0) is 12.2 Å². The van der Waals surface area contributed by atoms with Gasteiger partial charge in [0.25, 0.3) is 0 Å². The molecule has 2 aromatic carbocycles. The van der Waals surface area contributed by atoms with Gasteiger partial charge in [0.2, 0.25) is 0 Å². The second-order valence-electron chi connectivity index (χ2n) is 8.13. The number of imidazole rings is 1. The van der Waals surface area contributed by atoms with Gasteiger partial charge in [-0.1, -0.05) is 53.0 Å². The Morgan fingerprint density at radius 2 is 1.88 bits per heavy atom. The maximum absolute atomic E-state index is 13.9. The molecule has 1 saturated carbocycles. The molecule has 4 nitrogen and oxygen atoms in total. The molecule has 0 aliphatic heterocycles. The van der Waals surface area contributed by atoms with E-state index in [1.165, 1.54) is 0 Å². The lowest BCUT2D eigenvalue weighted by Crippen LogP contribution is -2.49. The maximum atomic E-state index is 13.9. The SMILES string of the molecule is CCc1c(CS/C(=N\N)C2(C(F)(F)F)CCC2)nc(-c2ccccc2Cl)n1-c1ccc(Br)cc1. The Labute approximate surface area is 213 Å². The number of alkyl halides is 3. The summed E-state index contributed by atoms with van der Waals surface area (Å²) in [5.74, 6) is 6.33. The molecule has 0 bridgehead atoms. The van der Waals surface area contributed by atoms with Crippen molar-refractivity contribution in [2.24, 2.45) is 16.4 Å². The summed E-state index contributed by atoms with van der Waals surface area (Å²) in [7, 11) is 0. The van der Waals surface area contributed by atoms with E-state index in [2.05, 4.69) is 21.0 Å². The fourth-order valence-electron chi connectivity index (χ4n) is 4.25. The first kappa shape index (κ1) is 25.1. The molecule has 1 aliphatic carbocycles. The molecule has 0 spiro atoms. The summed E-state index contributed by atoms with van der Waals surface area (Å²) in [5.41, 5.74) is 1.27. The summed E-state index contributed by atoms with van der Waals surface area (Å²) in [4.78, 5) is 4.87. The Balaban J connectivity index is 1.77. The van der Waals surface area contributed by atoms with Gasteiger partial charge in [0.1, 0.15) is 16.3 Å². The van der Waals surface area contributed by atoms with Crippen molar-refractivity contribution in [2.45, 2.75) is 44.5 Å². The van der Waals surface area contributed by atoms with Crippen molar-refractivity contribution in [3.8, 4) is 17.1 Å². The second kappa shape index (κ2) is 9.95. The molecule has 1 fully saturated rings. The molecular weight excluding hydrogens is 549 g/mol. The highest BCUT2D eigenvalue weighted by atomic mass is 79.9. The Hall–Kier alpha value is -1.97. The van der Waals surface area contributed by atoms with E-state index in [-0.39, 0.29) is 23.6 Å². The normalized spacial score (nSPS) is 15.9. The van der Waals surface area contributed by atoms with Crippen LogP contribution in [0.5, 0.6) is 0 Å². The minimum Gasteiger partial charge on any atom is -0.322 e. The van der Waals surface area contributed by atoms with E-state index in [9.17, 15) is 13.2 Å². The van der Waals surface area contributed by atoms with Gasteiger partial charge in [-0.2, -0.15) is 18.3 Å². The van der Waals surface area contributed by atoms with Crippen molar-refractivity contribution in [2.75, 3.05) is 0 Å². The molecule has 4 rings (SSSR count). The van der Waals surface area contributed by atoms with Gasteiger partial charge in [-0.15, -0.1) is 11.8 Å². The molecule has 1 heterocycles. The number of hydrogen-bond donors (Lipinski definition) is 1. The standard InChI is InChI=1S/C24H23BrClF3N4S/c1-2-20-19(14-34-22(32-30)23(12-5-13-23)24(27,28)29)31-21(17-6-3-4-7-18(17)26)33(20)16-10-8-15(25)9-11-16/h3-4,6-11H,2,5,12-14,30H2,1H3/b32-22-. The van der Waals surface area contributed by atoms with Gasteiger partial charge in [-0.05, 0) is 55.7 Å². The Morgan fingerprint density at radius 3 is 2.41 bits per heavy atom. The number of benzene rings is 2. The monoisotopic (exact) mass is 570 g/mol. The largest absolute Gasteiger partial charge is 0.400 e. The third kappa shape index (κ3) is 4.50. The van der Waals surface area contributed by atoms with Crippen molar-refractivity contribution in [3.63, 3.8) is 0 Å². The lowest BCUT2D eigenvalue weighted by atomic mass is 9.69. The minimum atomic E-state index is -4.39. The fourth-order valence-corrected chi connectivity index (χ4v) is 5.91. The second-order valence-corrected chi connectivity index (χ2v) is 10.4. The summed E-state index contributed by atoms with van der Waals surface area (Å²) in [6.45, 7) is 2.00.